The Balaban J connectivity index is 0.00000106. The van der Waals surface area contributed by atoms with Crippen molar-refractivity contribution in [1.29, 1.82) is 0 Å². The number of aliphatic imine (C=N–C) groups is 1. The van der Waals surface area contributed by atoms with Crippen LogP contribution in [0.2, 0.25) is 0 Å². The molecule has 0 bridgehead atoms. The van der Waals surface area contributed by atoms with E-state index in [4.69, 9.17) is 5.11 Å². The molecule has 0 aliphatic rings. The molecule has 1 N–H and O–H groups in total. The molecule has 0 spiro atoms. The minimum absolute atomic E-state index is 0.378. The number of carboxylic acids is 1. The number of anilines is 1. The van der Waals surface area contributed by atoms with E-state index in [1.54, 1.807) is 18.3 Å². The molecule has 6 nitrogen and oxygen atoms in total. The summed E-state index contributed by atoms with van der Waals surface area (Å²) in [5.41, 5.74) is 3.20. The van der Waals surface area contributed by atoms with Crippen molar-refractivity contribution < 1.29 is 18.7 Å². The summed E-state index contributed by atoms with van der Waals surface area (Å²) >= 11 is 0. The Hall–Kier alpha value is -4.20. The summed E-state index contributed by atoms with van der Waals surface area (Å²) in [6.45, 7) is 12.2. The molecule has 8 heteroatoms. The van der Waals surface area contributed by atoms with Gasteiger partial charge in [0.05, 0.1) is 24.0 Å². The normalized spacial score (nSPS) is 9.51. The average molecular weight is 509 g/mol. The lowest BCUT2D eigenvalue weighted by Crippen LogP contribution is -2.18. The molecule has 0 aliphatic heterocycles. The molecule has 2 aromatic heterocycles. The molecule has 0 fully saturated rings. The molecule has 4 rings (SSSR count). The third-order valence-corrected chi connectivity index (χ3v) is 4.97. The molecular weight excluding hydrogens is 474 g/mol. The highest BCUT2D eigenvalue weighted by Crippen LogP contribution is 2.31. The summed E-state index contributed by atoms with van der Waals surface area (Å²) in [5.74, 6) is -1.53. The molecule has 0 saturated heterocycles. The number of aromatic carboxylic acids is 1. The first-order valence-electron chi connectivity index (χ1n) is 11.9. The zero-order valence-electron chi connectivity index (χ0n) is 22.2. The number of fused-ring (bicyclic) bond motifs is 1. The molecule has 2 aromatic carbocycles. The highest BCUT2D eigenvalue weighted by Gasteiger charge is 2.15. The molecule has 4 aromatic rings. The second kappa shape index (κ2) is 15.7. The van der Waals surface area contributed by atoms with Crippen LogP contribution in [0.1, 0.15) is 43.6 Å². The Morgan fingerprint density at radius 3 is 2.35 bits per heavy atom. The standard InChI is InChI=1S/C24H19FN4O2.2C2H6.CH3F/c1-26-22-10-9-21(17-6-7-18(24(30)31)19(25)13-17)28-23(22)29(2)14-15-5-8-20-16(12-15)4-3-11-27-20;3*1-2/h3-13H,1,14H2,2H3,(H,30,31);2*1-2H3;1H3. The van der Waals surface area contributed by atoms with Crippen LogP contribution in [-0.4, -0.2) is 42.0 Å². The van der Waals surface area contributed by atoms with E-state index < -0.39 is 11.8 Å². The minimum atomic E-state index is -1.31. The van der Waals surface area contributed by atoms with Gasteiger partial charge in [-0.05, 0) is 54.7 Å². The number of hydrogen-bond donors (Lipinski definition) is 1. The topological polar surface area (TPSA) is 78.7 Å². The highest BCUT2D eigenvalue weighted by molar-refractivity contribution is 5.88. The van der Waals surface area contributed by atoms with Crippen molar-refractivity contribution in [2.45, 2.75) is 34.2 Å². The van der Waals surface area contributed by atoms with Crippen LogP contribution in [-0.2, 0) is 6.54 Å². The summed E-state index contributed by atoms with van der Waals surface area (Å²) in [5, 5.41) is 10.1. The predicted octanol–water partition coefficient (Wildman–Crippen LogP) is 7.74. The SMILES string of the molecule is C=Nc1ccc(-c2ccc(C(=O)O)c(F)c2)nc1N(C)Cc1ccc2ncccc2c1.CC.CC.CF. The van der Waals surface area contributed by atoms with Crippen LogP contribution in [0.15, 0.2) is 71.9 Å². The van der Waals surface area contributed by atoms with Crippen molar-refractivity contribution in [3.05, 3.63) is 83.8 Å². The van der Waals surface area contributed by atoms with Gasteiger partial charge in [0.2, 0.25) is 0 Å². The maximum atomic E-state index is 14.2. The van der Waals surface area contributed by atoms with Crippen molar-refractivity contribution in [2.75, 3.05) is 19.1 Å². The minimum Gasteiger partial charge on any atom is -0.478 e. The molecule has 0 amide bonds. The number of halogens is 2. The van der Waals surface area contributed by atoms with Crippen LogP contribution < -0.4 is 4.90 Å². The Bertz CT molecular complexity index is 1310. The third kappa shape index (κ3) is 7.90. The van der Waals surface area contributed by atoms with Gasteiger partial charge in [-0.3, -0.25) is 14.4 Å². The molecule has 0 saturated carbocycles. The predicted molar refractivity (Wildman–Crippen MR) is 149 cm³/mol. The Labute approximate surface area is 217 Å². The second-order valence-corrected chi connectivity index (χ2v) is 7.08. The first kappa shape index (κ1) is 30.8. The van der Waals surface area contributed by atoms with Crippen molar-refractivity contribution in [3.8, 4) is 11.3 Å². The molecule has 37 heavy (non-hydrogen) atoms. The number of carboxylic acid groups (broad SMARTS) is 1. The van der Waals surface area contributed by atoms with Gasteiger partial charge in [0.15, 0.2) is 5.82 Å². The number of rotatable bonds is 6. The van der Waals surface area contributed by atoms with Crippen LogP contribution >= 0.6 is 0 Å². The van der Waals surface area contributed by atoms with Crippen molar-refractivity contribution in [1.82, 2.24) is 9.97 Å². The fraction of sp³-hybridized carbons (Fsp3) is 0.241. The van der Waals surface area contributed by atoms with Gasteiger partial charge in [0, 0.05) is 30.7 Å². The average Bonchev–Trinajstić information content (AvgIpc) is 2.95. The Morgan fingerprint density at radius 1 is 1.03 bits per heavy atom. The number of aromatic nitrogens is 2. The van der Waals surface area contributed by atoms with Gasteiger partial charge in [0.25, 0.3) is 0 Å². The summed E-state index contributed by atoms with van der Waals surface area (Å²) in [6, 6.07) is 17.4. The van der Waals surface area contributed by atoms with E-state index in [1.807, 2.05) is 63.9 Å². The van der Waals surface area contributed by atoms with Gasteiger partial charge < -0.3 is 10.0 Å². The zero-order chi connectivity index (χ0) is 28.0. The van der Waals surface area contributed by atoms with Crippen LogP contribution in [0.25, 0.3) is 22.2 Å². The summed E-state index contributed by atoms with van der Waals surface area (Å²) < 4.78 is 23.7. The van der Waals surface area contributed by atoms with E-state index in [-0.39, 0.29) is 5.56 Å². The van der Waals surface area contributed by atoms with Crippen LogP contribution in [0.4, 0.5) is 20.3 Å². The zero-order valence-corrected chi connectivity index (χ0v) is 22.2. The molecular formula is C29H34F2N4O2. The van der Waals surface area contributed by atoms with Crippen molar-refractivity contribution >= 4 is 35.1 Å². The van der Waals surface area contributed by atoms with Crippen molar-refractivity contribution in [3.63, 3.8) is 0 Å². The summed E-state index contributed by atoms with van der Waals surface area (Å²) in [7, 11) is 2.39. The number of pyridine rings is 2. The smallest absolute Gasteiger partial charge is 0.338 e. The molecule has 0 atom stereocenters. The van der Waals surface area contributed by atoms with E-state index in [2.05, 4.69) is 27.7 Å². The number of benzene rings is 2. The second-order valence-electron chi connectivity index (χ2n) is 7.08. The fourth-order valence-corrected chi connectivity index (χ4v) is 3.43. The van der Waals surface area contributed by atoms with Crippen LogP contribution in [0.5, 0.6) is 0 Å². The van der Waals surface area contributed by atoms with E-state index in [9.17, 15) is 13.6 Å². The van der Waals surface area contributed by atoms with Gasteiger partial charge in [-0.2, -0.15) is 0 Å². The van der Waals surface area contributed by atoms with Gasteiger partial charge in [-0.25, -0.2) is 14.2 Å². The number of hydrogen-bond acceptors (Lipinski definition) is 5. The lowest BCUT2D eigenvalue weighted by Gasteiger charge is -2.21. The van der Waals surface area contributed by atoms with E-state index in [0.29, 0.717) is 36.5 Å². The largest absolute Gasteiger partial charge is 0.478 e. The van der Waals surface area contributed by atoms with Gasteiger partial charge in [-0.1, -0.05) is 45.9 Å². The van der Waals surface area contributed by atoms with Crippen LogP contribution in [0.3, 0.4) is 0 Å². The quantitative estimate of drug-likeness (QED) is 0.270. The molecule has 0 unspecified atom stereocenters. The van der Waals surface area contributed by atoms with E-state index >= 15 is 0 Å². The Kier molecular flexibility index (Phi) is 13.1. The van der Waals surface area contributed by atoms with E-state index in [0.717, 1.165) is 16.5 Å². The van der Waals surface area contributed by atoms with E-state index in [1.165, 1.54) is 18.2 Å². The molecule has 196 valence electrons. The van der Waals surface area contributed by atoms with Gasteiger partial charge in [-0.15, -0.1) is 0 Å². The summed E-state index contributed by atoms with van der Waals surface area (Å²) in [4.78, 5) is 26.1. The van der Waals surface area contributed by atoms with Crippen molar-refractivity contribution in [2.24, 2.45) is 4.99 Å². The maximum Gasteiger partial charge on any atom is 0.338 e. The Morgan fingerprint density at radius 2 is 1.73 bits per heavy atom. The summed E-state index contributed by atoms with van der Waals surface area (Å²) in [6.07, 6.45) is 1.76. The monoisotopic (exact) mass is 508 g/mol. The number of carbonyl (C=O) groups is 1. The lowest BCUT2D eigenvalue weighted by molar-refractivity contribution is 0.0692. The third-order valence-electron chi connectivity index (χ3n) is 4.97. The lowest BCUT2D eigenvalue weighted by atomic mass is 10.1. The molecule has 2 heterocycles. The first-order valence-corrected chi connectivity index (χ1v) is 11.9. The van der Waals surface area contributed by atoms with Gasteiger partial charge in [0.1, 0.15) is 11.5 Å². The first-order chi connectivity index (χ1) is 18.0. The fourth-order valence-electron chi connectivity index (χ4n) is 3.43. The molecule has 0 radical (unpaired) electrons. The number of nitrogens with zero attached hydrogens (tertiary/aromatic N) is 4. The highest BCUT2D eigenvalue weighted by atomic mass is 19.1. The van der Waals surface area contributed by atoms with Gasteiger partial charge >= 0.3 is 5.97 Å². The maximum absolute atomic E-state index is 14.2. The van der Waals surface area contributed by atoms with Crippen LogP contribution in [0, 0.1) is 5.82 Å². The molecule has 0 aliphatic carbocycles. The number of alkyl halides is 1.